The van der Waals surface area contributed by atoms with E-state index in [2.05, 4.69) is 9.55 Å². The van der Waals surface area contributed by atoms with E-state index >= 15 is 0 Å². The minimum atomic E-state index is 0.0755. The van der Waals surface area contributed by atoms with Crippen molar-refractivity contribution in [3.8, 4) is 0 Å². The summed E-state index contributed by atoms with van der Waals surface area (Å²) in [5, 5.41) is 0. The van der Waals surface area contributed by atoms with E-state index in [0.717, 1.165) is 25.3 Å². The van der Waals surface area contributed by atoms with E-state index in [-0.39, 0.29) is 17.9 Å². The number of nitrogens with two attached hydrogens (primary N) is 1. The van der Waals surface area contributed by atoms with E-state index in [0.29, 0.717) is 6.54 Å². The lowest BCUT2D eigenvalue weighted by Crippen LogP contribution is -2.40. The van der Waals surface area contributed by atoms with Crippen molar-refractivity contribution in [2.75, 3.05) is 6.54 Å². The molecule has 1 amide bonds. The summed E-state index contributed by atoms with van der Waals surface area (Å²) in [6.45, 7) is 2.27. The molecule has 2 aliphatic rings. The van der Waals surface area contributed by atoms with Crippen LogP contribution in [-0.2, 0) is 17.9 Å². The fourth-order valence-corrected chi connectivity index (χ4v) is 2.09. The first-order chi connectivity index (χ1) is 7.25. The highest BCUT2D eigenvalue weighted by molar-refractivity contribution is 5.82. The summed E-state index contributed by atoms with van der Waals surface area (Å²) in [5.41, 5.74) is 5.68. The first-order valence-corrected chi connectivity index (χ1v) is 5.30. The maximum absolute atomic E-state index is 11.9. The maximum Gasteiger partial charge on any atom is 0.227 e. The number of amides is 1. The molecule has 80 valence electrons. The Balaban J connectivity index is 1.73. The second-order valence-corrected chi connectivity index (χ2v) is 4.30. The van der Waals surface area contributed by atoms with Crippen molar-refractivity contribution >= 4 is 5.91 Å². The highest BCUT2D eigenvalue weighted by Crippen LogP contribution is 2.30. The van der Waals surface area contributed by atoms with E-state index in [1.54, 1.807) is 6.20 Å². The quantitative estimate of drug-likeness (QED) is 0.678. The van der Waals surface area contributed by atoms with Crippen molar-refractivity contribution in [3.05, 3.63) is 18.2 Å². The third kappa shape index (κ3) is 1.43. The van der Waals surface area contributed by atoms with Crippen LogP contribution in [0, 0.1) is 5.92 Å². The summed E-state index contributed by atoms with van der Waals surface area (Å²) in [6, 6.07) is 0.0965. The van der Waals surface area contributed by atoms with Gasteiger partial charge in [-0.25, -0.2) is 4.98 Å². The summed E-state index contributed by atoms with van der Waals surface area (Å²) in [6.07, 6.45) is 4.59. The second kappa shape index (κ2) is 3.06. The van der Waals surface area contributed by atoms with Gasteiger partial charge in [0.1, 0.15) is 5.82 Å². The zero-order valence-corrected chi connectivity index (χ0v) is 8.47. The Morgan fingerprint density at radius 1 is 1.53 bits per heavy atom. The van der Waals surface area contributed by atoms with Crippen LogP contribution >= 0.6 is 0 Å². The number of imidazole rings is 1. The fraction of sp³-hybridized carbons (Fsp3) is 0.600. The van der Waals surface area contributed by atoms with E-state index in [1.165, 1.54) is 0 Å². The number of carbonyl (C=O) groups excluding carboxylic acids is 1. The molecule has 5 heteroatoms. The van der Waals surface area contributed by atoms with E-state index in [1.807, 2.05) is 11.1 Å². The van der Waals surface area contributed by atoms with Gasteiger partial charge in [0.2, 0.25) is 5.91 Å². The molecule has 1 aliphatic heterocycles. The summed E-state index contributed by atoms with van der Waals surface area (Å²) in [4.78, 5) is 18.0. The summed E-state index contributed by atoms with van der Waals surface area (Å²) in [5.74, 6) is 1.26. The lowest BCUT2D eigenvalue weighted by atomic mass is 10.3. The Bertz CT molecular complexity index is 400. The first kappa shape index (κ1) is 8.91. The van der Waals surface area contributed by atoms with Crippen molar-refractivity contribution in [3.63, 3.8) is 0 Å². The van der Waals surface area contributed by atoms with Gasteiger partial charge in [-0.2, -0.15) is 0 Å². The monoisotopic (exact) mass is 206 g/mol. The molecule has 2 atom stereocenters. The van der Waals surface area contributed by atoms with Gasteiger partial charge in [-0.15, -0.1) is 0 Å². The Kier molecular flexibility index (Phi) is 1.82. The van der Waals surface area contributed by atoms with Gasteiger partial charge in [0, 0.05) is 31.5 Å². The molecule has 1 aromatic heterocycles. The average molecular weight is 206 g/mol. The third-order valence-corrected chi connectivity index (χ3v) is 3.21. The predicted octanol–water partition coefficient (Wildman–Crippen LogP) is -0.428. The van der Waals surface area contributed by atoms with Gasteiger partial charge >= 0.3 is 0 Å². The van der Waals surface area contributed by atoms with Gasteiger partial charge in [-0.3, -0.25) is 4.79 Å². The zero-order valence-electron chi connectivity index (χ0n) is 8.47. The summed E-state index contributed by atoms with van der Waals surface area (Å²) < 4.78 is 2.09. The number of nitrogens with zero attached hydrogens (tertiary/aromatic N) is 3. The molecule has 0 bridgehead atoms. The van der Waals surface area contributed by atoms with Gasteiger partial charge in [0.05, 0.1) is 12.5 Å². The average Bonchev–Trinajstić information content (AvgIpc) is 2.80. The molecular formula is C10H14N4O. The van der Waals surface area contributed by atoms with Gasteiger partial charge < -0.3 is 15.2 Å². The molecule has 1 fully saturated rings. The van der Waals surface area contributed by atoms with Crippen LogP contribution in [0.4, 0.5) is 0 Å². The normalized spacial score (nSPS) is 28.7. The number of aromatic nitrogens is 2. The predicted molar refractivity (Wildman–Crippen MR) is 53.7 cm³/mol. The summed E-state index contributed by atoms with van der Waals surface area (Å²) >= 11 is 0. The summed E-state index contributed by atoms with van der Waals surface area (Å²) in [7, 11) is 0. The Morgan fingerprint density at radius 3 is 3.07 bits per heavy atom. The van der Waals surface area contributed by atoms with Crippen molar-refractivity contribution in [2.24, 2.45) is 11.7 Å². The van der Waals surface area contributed by atoms with Crippen molar-refractivity contribution in [1.82, 2.24) is 14.5 Å². The van der Waals surface area contributed by atoms with Crippen molar-refractivity contribution in [1.29, 1.82) is 0 Å². The van der Waals surface area contributed by atoms with Gasteiger partial charge in [0.15, 0.2) is 0 Å². The number of carbonyl (C=O) groups is 1. The molecule has 5 nitrogen and oxygen atoms in total. The third-order valence-electron chi connectivity index (χ3n) is 3.21. The van der Waals surface area contributed by atoms with E-state index < -0.39 is 0 Å². The van der Waals surface area contributed by atoms with E-state index in [9.17, 15) is 4.79 Å². The molecule has 0 radical (unpaired) electrons. The molecular weight excluding hydrogens is 192 g/mol. The lowest BCUT2D eigenvalue weighted by molar-refractivity contribution is -0.134. The molecule has 1 aromatic rings. The van der Waals surface area contributed by atoms with Crippen LogP contribution in [0.1, 0.15) is 12.2 Å². The zero-order chi connectivity index (χ0) is 10.4. The lowest BCUT2D eigenvalue weighted by Gasteiger charge is -2.27. The second-order valence-electron chi connectivity index (χ2n) is 4.30. The highest BCUT2D eigenvalue weighted by atomic mass is 16.2. The number of hydrogen-bond acceptors (Lipinski definition) is 3. The standard InChI is InChI=1S/C10H14N4O/c11-8-5-7(8)10(15)14-4-3-13-2-1-12-9(13)6-14/h1-2,7-8H,3-6,11H2. The maximum atomic E-state index is 11.9. The minimum Gasteiger partial charge on any atom is -0.333 e. The molecule has 1 saturated carbocycles. The van der Waals surface area contributed by atoms with Crippen LogP contribution in [0.15, 0.2) is 12.4 Å². The molecule has 2 heterocycles. The molecule has 3 rings (SSSR count). The van der Waals surface area contributed by atoms with E-state index in [4.69, 9.17) is 5.73 Å². The van der Waals surface area contributed by atoms with Crippen LogP contribution in [0.25, 0.3) is 0 Å². The highest BCUT2D eigenvalue weighted by Gasteiger charge is 2.42. The Morgan fingerprint density at radius 2 is 2.33 bits per heavy atom. The number of hydrogen-bond donors (Lipinski definition) is 1. The van der Waals surface area contributed by atoms with Crippen LogP contribution in [0.2, 0.25) is 0 Å². The number of fused-ring (bicyclic) bond motifs is 1. The van der Waals surface area contributed by atoms with Gasteiger partial charge in [0.25, 0.3) is 0 Å². The topological polar surface area (TPSA) is 64.2 Å². The minimum absolute atomic E-state index is 0.0755. The molecule has 2 N–H and O–H groups in total. The first-order valence-electron chi connectivity index (χ1n) is 5.30. The SMILES string of the molecule is NC1CC1C(=O)N1CCn2ccnc2C1. The molecule has 15 heavy (non-hydrogen) atoms. The van der Waals surface area contributed by atoms with Gasteiger partial charge in [-0.05, 0) is 6.42 Å². The van der Waals surface area contributed by atoms with Crippen LogP contribution in [0.5, 0.6) is 0 Å². The fourth-order valence-electron chi connectivity index (χ4n) is 2.09. The number of rotatable bonds is 1. The van der Waals surface area contributed by atoms with Crippen LogP contribution < -0.4 is 5.73 Å². The van der Waals surface area contributed by atoms with Crippen LogP contribution in [0.3, 0.4) is 0 Å². The molecule has 2 unspecified atom stereocenters. The van der Waals surface area contributed by atoms with Gasteiger partial charge in [-0.1, -0.05) is 0 Å². The molecule has 0 spiro atoms. The Labute approximate surface area is 87.9 Å². The Hall–Kier alpha value is -1.36. The van der Waals surface area contributed by atoms with Crippen molar-refractivity contribution < 1.29 is 4.79 Å². The molecule has 0 saturated heterocycles. The van der Waals surface area contributed by atoms with Crippen molar-refractivity contribution in [2.45, 2.75) is 25.6 Å². The molecule has 1 aliphatic carbocycles. The smallest absolute Gasteiger partial charge is 0.227 e. The van der Waals surface area contributed by atoms with Crippen LogP contribution in [-0.4, -0.2) is 32.9 Å². The largest absolute Gasteiger partial charge is 0.333 e. The molecule has 0 aromatic carbocycles.